The van der Waals surface area contributed by atoms with E-state index in [1.54, 1.807) is 12.1 Å². The number of carbonyl (C=O) groups excluding carboxylic acids is 1. The van der Waals surface area contributed by atoms with Crippen LogP contribution in [0.2, 0.25) is 0 Å². The van der Waals surface area contributed by atoms with Crippen LogP contribution < -0.4 is 5.73 Å². The molecule has 0 unspecified atom stereocenters. The van der Waals surface area contributed by atoms with Gasteiger partial charge in [-0.25, -0.2) is 17.9 Å². The summed E-state index contributed by atoms with van der Waals surface area (Å²) in [5.41, 5.74) is 6.08. The predicted octanol–water partition coefficient (Wildman–Crippen LogP) is 1.63. The largest absolute Gasteiger partial charge is 0.387 e. The molecule has 2 saturated heterocycles. The summed E-state index contributed by atoms with van der Waals surface area (Å²) in [6.07, 6.45) is -3.98. The van der Waals surface area contributed by atoms with Crippen LogP contribution in [0.4, 0.5) is 13.2 Å². The predicted molar refractivity (Wildman–Crippen MR) is 108 cm³/mol. The Labute approximate surface area is 190 Å². The molecule has 2 aliphatic heterocycles. The number of amides is 1. The second-order valence-corrected chi connectivity index (χ2v) is 7.99. The summed E-state index contributed by atoms with van der Waals surface area (Å²) < 4.78 is 59.5. The fraction of sp³-hybridized carbons (Fsp3) is 0.318. The van der Waals surface area contributed by atoms with Gasteiger partial charge in [0.15, 0.2) is 29.8 Å². The molecule has 0 saturated carbocycles. The van der Waals surface area contributed by atoms with Gasteiger partial charge >= 0.3 is 0 Å². The fourth-order valence-electron chi connectivity index (χ4n) is 4.19. The van der Waals surface area contributed by atoms with Gasteiger partial charge in [0.2, 0.25) is 5.91 Å². The lowest BCUT2D eigenvalue weighted by molar-refractivity contribution is -0.312. The topological polar surface area (TPSA) is 122 Å². The molecule has 2 fully saturated rings. The van der Waals surface area contributed by atoms with E-state index in [1.165, 1.54) is 10.9 Å². The van der Waals surface area contributed by atoms with Crippen LogP contribution in [0.15, 0.2) is 48.7 Å². The summed E-state index contributed by atoms with van der Waals surface area (Å²) in [5.74, 6) is -5.28. The van der Waals surface area contributed by atoms with E-state index in [4.69, 9.17) is 19.9 Å². The van der Waals surface area contributed by atoms with Crippen LogP contribution >= 0.6 is 0 Å². The summed E-state index contributed by atoms with van der Waals surface area (Å²) in [6, 6.07) is 9.60. The van der Waals surface area contributed by atoms with Crippen molar-refractivity contribution in [2.75, 3.05) is 6.61 Å². The third kappa shape index (κ3) is 3.94. The summed E-state index contributed by atoms with van der Waals surface area (Å²) in [4.78, 5) is 11.9. The number of rotatable bonds is 4. The van der Waals surface area contributed by atoms with Gasteiger partial charge in [0, 0.05) is 11.1 Å². The molecule has 6 atom stereocenters. The van der Waals surface area contributed by atoms with Gasteiger partial charge in [0.25, 0.3) is 0 Å². The van der Waals surface area contributed by atoms with Gasteiger partial charge < -0.3 is 25.1 Å². The molecule has 3 heterocycles. The zero-order valence-corrected chi connectivity index (χ0v) is 17.4. The molecule has 3 aromatic rings. The Balaban J connectivity index is 1.50. The van der Waals surface area contributed by atoms with Gasteiger partial charge in [-0.3, -0.25) is 4.79 Å². The number of hydrogen-bond acceptors (Lipinski definition) is 7. The number of nitrogens with two attached hydrogens (primary N) is 1. The first-order valence-corrected chi connectivity index (χ1v) is 10.3. The monoisotopic (exact) mass is 476 g/mol. The van der Waals surface area contributed by atoms with E-state index < -0.39 is 60.1 Å². The lowest BCUT2D eigenvalue weighted by atomic mass is 9.91. The molecule has 34 heavy (non-hydrogen) atoms. The molecule has 12 heteroatoms. The molecule has 0 bridgehead atoms. The normalized spacial score (nSPS) is 28.9. The SMILES string of the molecule is NC(=O)[C@@H]1O[C@@H]2CO[C@H](c3ccccc3)O[C@@H]2[C@H](n2cc(-c3cc(F)c(F)c(F)c3)nn2)[C@H]1O. The van der Waals surface area contributed by atoms with Crippen LogP contribution in [0.3, 0.4) is 0 Å². The van der Waals surface area contributed by atoms with Crippen molar-refractivity contribution in [2.24, 2.45) is 5.73 Å². The number of aliphatic hydroxyl groups excluding tert-OH is 1. The highest BCUT2D eigenvalue weighted by molar-refractivity contribution is 5.79. The fourth-order valence-corrected chi connectivity index (χ4v) is 4.19. The molecule has 5 rings (SSSR count). The number of hydrogen-bond donors (Lipinski definition) is 2. The van der Waals surface area contributed by atoms with E-state index in [1.807, 2.05) is 18.2 Å². The van der Waals surface area contributed by atoms with Crippen molar-refractivity contribution in [1.82, 2.24) is 15.0 Å². The highest BCUT2D eigenvalue weighted by Gasteiger charge is 2.52. The van der Waals surface area contributed by atoms with E-state index in [2.05, 4.69) is 10.3 Å². The highest BCUT2D eigenvalue weighted by atomic mass is 19.2. The van der Waals surface area contributed by atoms with Crippen LogP contribution in [-0.4, -0.2) is 57.0 Å². The van der Waals surface area contributed by atoms with Gasteiger partial charge in [-0.1, -0.05) is 35.5 Å². The molecule has 3 N–H and O–H groups in total. The quantitative estimate of drug-likeness (QED) is 0.549. The van der Waals surface area contributed by atoms with Crippen LogP contribution in [0.1, 0.15) is 17.9 Å². The van der Waals surface area contributed by atoms with Crippen molar-refractivity contribution in [3.63, 3.8) is 0 Å². The van der Waals surface area contributed by atoms with Crippen molar-refractivity contribution in [3.8, 4) is 11.3 Å². The van der Waals surface area contributed by atoms with Crippen molar-refractivity contribution in [3.05, 3.63) is 71.7 Å². The number of benzene rings is 2. The average molecular weight is 476 g/mol. The van der Waals surface area contributed by atoms with E-state index in [-0.39, 0.29) is 17.9 Å². The molecule has 0 radical (unpaired) electrons. The second kappa shape index (κ2) is 8.80. The molecule has 1 aromatic heterocycles. The third-order valence-electron chi connectivity index (χ3n) is 5.82. The Hall–Kier alpha value is -3.32. The highest BCUT2D eigenvalue weighted by Crippen LogP contribution is 2.39. The molecule has 9 nitrogen and oxygen atoms in total. The van der Waals surface area contributed by atoms with Crippen molar-refractivity contribution >= 4 is 5.91 Å². The van der Waals surface area contributed by atoms with Gasteiger partial charge in [-0.2, -0.15) is 0 Å². The molecule has 2 aliphatic rings. The lowest BCUT2D eigenvalue weighted by Gasteiger charge is -2.47. The van der Waals surface area contributed by atoms with Crippen molar-refractivity contribution < 1.29 is 37.3 Å². The third-order valence-corrected chi connectivity index (χ3v) is 5.82. The first kappa shape index (κ1) is 22.5. The minimum atomic E-state index is -1.61. The zero-order valence-electron chi connectivity index (χ0n) is 17.4. The van der Waals surface area contributed by atoms with Gasteiger partial charge in [-0.15, -0.1) is 5.10 Å². The Morgan fingerprint density at radius 1 is 1.12 bits per heavy atom. The standard InChI is InChI=1S/C22H19F3N4O5/c23-12-6-11(7-13(24)16(12)25)14-8-29(28-27-14)17-18(30)20(21(26)31)33-15-9-32-22(34-19(15)17)10-4-2-1-3-5-10/h1-8,15,17-20,22,30H,9H2,(H2,26,31)/t15-,17-,18-,19+,20-,22+/m1/s1. The number of halogens is 3. The van der Waals surface area contributed by atoms with Gasteiger partial charge in [-0.05, 0) is 12.1 Å². The van der Waals surface area contributed by atoms with Crippen LogP contribution in [0.5, 0.6) is 0 Å². The Bertz CT molecular complexity index is 1190. The number of fused-ring (bicyclic) bond motifs is 1. The van der Waals surface area contributed by atoms with Crippen molar-refractivity contribution in [2.45, 2.75) is 36.7 Å². The lowest BCUT2D eigenvalue weighted by Crippen LogP contribution is -2.62. The summed E-state index contributed by atoms with van der Waals surface area (Å²) >= 11 is 0. The molecule has 2 aromatic carbocycles. The maximum absolute atomic E-state index is 13.7. The number of aromatic nitrogens is 3. The zero-order chi connectivity index (χ0) is 24.0. The number of nitrogens with zero attached hydrogens (tertiary/aromatic N) is 3. The molecule has 1 amide bonds. The molecular weight excluding hydrogens is 457 g/mol. The molecular formula is C22H19F3N4O5. The first-order valence-electron chi connectivity index (χ1n) is 10.3. The maximum Gasteiger partial charge on any atom is 0.249 e. The van der Waals surface area contributed by atoms with E-state index in [0.717, 1.165) is 17.7 Å². The Morgan fingerprint density at radius 2 is 1.82 bits per heavy atom. The summed E-state index contributed by atoms with van der Waals surface area (Å²) in [5, 5.41) is 18.8. The van der Waals surface area contributed by atoms with E-state index in [0.29, 0.717) is 0 Å². The Kier molecular flexibility index (Phi) is 5.81. The summed E-state index contributed by atoms with van der Waals surface area (Å²) in [7, 11) is 0. The van der Waals surface area contributed by atoms with Crippen molar-refractivity contribution in [1.29, 1.82) is 0 Å². The van der Waals surface area contributed by atoms with E-state index in [9.17, 15) is 23.1 Å². The molecule has 0 spiro atoms. The average Bonchev–Trinajstić information content (AvgIpc) is 3.31. The number of aliphatic hydroxyl groups is 1. The van der Waals surface area contributed by atoms with Crippen LogP contribution in [-0.2, 0) is 19.0 Å². The maximum atomic E-state index is 13.7. The number of ether oxygens (including phenoxy) is 3. The number of primary amides is 1. The van der Waals surface area contributed by atoms with Crippen LogP contribution in [0.25, 0.3) is 11.3 Å². The Morgan fingerprint density at radius 3 is 2.50 bits per heavy atom. The summed E-state index contributed by atoms with van der Waals surface area (Å²) in [6.45, 7) is 0.0349. The van der Waals surface area contributed by atoms with E-state index >= 15 is 0 Å². The molecule has 178 valence electrons. The second-order valence-electron chi connectivity index (χ2n) is 7.99. The minimum absolute atomic E-state index is 0.00957. The first-order chi connectivity index (χ1) is 16.3. The van der Waals surface area contributed by atoms with Crippen LogP contribution in [0, 0.1) is 17.5 Å². The molecule has 0 aliphatic carbocycles. The minimum Gasteiger partial charge on any atom is -0.387 e. The smallest absolute Gasteiger partial charge is 0.249 e. The van der Waals surface area contributed by atoms with Gasteiger partial charge in [0.05, 0.1) is 12.8 Å². The number of carbonyl (C=O) groups is 1. The van der Waals surface area contributed by atoms with Gasteiger partial charge in [0.1, 0.15) is 30.0 Å².